The number of rotatable bonds is 4. The number of nitrogens with zero attached hydrogens (tertiary/aromatic N) is 6. The van der Waals surface area contributed by atoms with E-state index in [1.54, 1.807) is 0 Å². The van der Waals surface area contributed by atoms with E-state index < -0.39 is 0 Å². The molecule has 0 saturated carbocycles. The van der Waals surface area contributed by atoms with Crippen LogP contribution in [0.4, 0.5) is 5.82 Å². The molecule has 168 valence electrons. The van der Waals surface area contributed by atoms with Crippen molar-refractivity contribution in [3.63, 3.8) is 0 Å². The first-order valence-electron chi connectivity index (χ1n) is 11.5. The van der Waals surface area contributed by atoms with Crippen molar-refractivity contribution in [1.29, 1.82) is 0 Å². The zero-order valence-corrected chi connectivity index (χ0v) is 19.0. The molecular weight excluding hydrogens is 424 g/mol. The largest absolute Gasteiger partial charge is 0.370 e. The summed E-state index contributed by atoms with van der Waals surface area (Å²) in [5.74, 6) is 1.69. The van der Waals surface area contributed by atoms with Crippen LogP contribution in [0.5, 0.6) is 0 Å². The fraction of sp³-hybridized carbons (Fsp3) is 0.185. The van der Waals surface area contributed by atoms with Gasteiger partial charge < -0.3 is 4.74 Å². The maximum Gasteiger partial charge on any atom is 0.312 e. The molecule has 4 heterocycles. The van der Waals surface area contributed by atoms with Crippen molar-refractivity contribution in [3.05, 3.63) is 90.3 Å². The Hall–Kier alpha value is -4.10. The highest BCUT2D eigenvalue weighted by molar-refractivity contribution is 5.75. The Bertz CT molecular complexity index is 1500. The molecule has 0 spiro atoms. The molecule has 0 fully saturated rings. The van der Waals surface area contributed by atoms with Gasteiger partial charge >= 0.3 is 5.82 Å². The molecule has 0 atom stereocenters. The predicted octanol–water partition coefficient (Wildman–Crippen LogP) is 4.53. The standard InChI is InChI=1S/C27H25N6O/c1-20-7-6-10-22(17-20)23-11-12-32(29-23)25-19-27(31-13-15-34-16-14-31)33-26(28-25)18-24(30-33)21-8-4-2-3-5-9-21/h2,4-13,17-19H,3,14-16H2,1H3/q+1. The summed E-state index contributed by atoms with van der Waals surface area (Å²) < 4.78 is 11.5. The van der Waals surface area contributed by atoms with Crippen LogP contribution in [0, 0.1) is 6.92 Å². The van der Waals surface area contributed by atoms with Crippen LogP contribution in [-0.4, -0.2) is 54.9 Å². The van der Waals surface area contributed by atoms with Crippen LogP contribution in [0.2, 0.25) is 0 Å². The minimum absolute atomic E-state index is 0.575. The summed E-state index contributed by atoms with van der Waals surface area (Å²) in [4.78, 5) is 4.92. The smallest absolute Gasteiger partial charge is 0.312 e. The second-order valence-electron chi connectivity index (χ2n) is 8.43. The van der Waals surface area contributed by atoms with E-state index in [-0.39, 0.29) is 0 Å². The molecule has 34 heavy (non-hydrogen) atoms. The van der Waals surface area contributed by atoms with Gasteiger partial charge in [0.2, 0.25) is 0 Å². The summed E-state index contributed by atoms with van der Waals surface area (Å²) in [6.45, 7) is 4.09. The molecule has 1 aromatic carbocycles. The Morgan fingerprint density at radius 1 is 1.03 bits per heavy atom. The van der Waals surface area contributed by atoms with Gasteiger partial charge in [-0.25, -0.2) is 9.26 Å². The van der Waals surface area contributed by atoms with Gasteiger partial charge in [-0.1, -0.05) is 63.8 Å². The van der Waals surface area contributed by atoms with Gasteiger partial charge in [0.05, 0.1) is 24.6 Å². The number of ether oxygens (including phenoxy) is 1. The molecule has 1 aliphatic heterocycles. The SMILES string of the molecule is Cc1cccc(-c2ccn(-c3cc([N+]4=CCOCC4)n4nc(C5=CC=CCC=C5)cc4n3)n2)c1. The van der Waals surface area contributed by atoms with E-state index in [4.69, 9.17) is 19.9 Å². The highest BCUT2D eigenvalue weighted by atomic mass is 16.5. The predicted molar refractivity (Wildman–Crippen MR) is 133 cm³/mol. The highest BCUT2D eigenvalue weighted by Gasteiger charge is 2.23. The average molecular weight is 450 g/mol. The lowest BCUT2D eigenvalue weighted by Gasteiger charge is -2.12. The Balaban J connectivity index is 1.48. The lowest BCUT2D eigenvalue weighted by atomic mass is 10.1. The fourth-order valence-electron chi connectivity index (χ4n) is 4.26. The molecule has 3 aromatic heterocycles. The van der Waals surface area contributed by atoms with E-state index in [1.165, 1.54) is 5.56 Å². The molecule has 1 aliphatic carbocycles. The molecule has 2 aliphatic rings. The maximum absolute atomic E-state index is 5.54. The summed E-state index contributed by atoms with van der Waals surface area (Å²) in [6, 6.07) is 14.5. The van der Waals surface area contributed by atoms with Crippen LogP contribution >= 0.6 is 0 Å². The van der Waals surface area contributed by atoms with Crippen LogP contribution in [-0.2, 0) is 4.74 Å². The van der Waals surface area contributed by atoms with E-state index in [0.29, 0.717) is 13.2 Å². The van der Waals surface area contributed by atoms with Crippen molar-refractivity contribution in [2.75, 3.05) is 19.8 Å². The zero-order chi connectivity index (χ0) is 22.9. The van der Waals surface area contributed by atoms with Crippen molar-refractivity contribution >= 4 is 23.3 Å². The first-order chi connectivity index (χ1) is 16.7. The molecule has 0 saturated heterocycles. The molecule has 0 bridgehead atoms. The Kier molecular flexibility index (Phi) is 5.24. The normalized spacial score (nSPS) is 15.9. The minimum atomic E-state index is 0.575. The Morgan fingerprint density at radius 3 is 2.88 bits per heavy atom. The van der Waals surface area contributed by atoms with Crippen molar-refractivity contribution < 1.29 is 9.31 Å². The molecule has 0 amide bonds. The third-order valence-corrected chi connectivity index (χ3v) is 5.99. The second kappa shape index (κ2) is 8.68. The summed E-state index contributed by atoms with van der Waals surface area (Å²) in [5, 5.41) is 9.75. The molecule has 0 radical (unpaired) electrons. The molecule has 7 heteroatoms. The van der Waals surface area contributed by atoms with Crippen LogP contribution in [0.15, 0.2) is 79.0 Å². The number of aromatic nitrogens is 5. The number of benzene rings is 1. The van der Waals surface area contributed by atoms with E-state index in [2.05, 4.69) is 72.4 Å². The lowest BCUT2D eigenvalue weighted by Crippen LogP contribution is -2.24. The summed E-state index contributed by atoms with van der Waals surface area (Å²) in [5.41, 5.74) is 5.95. The summed E-state index contributed by atoms with van der Waals surface area (Å²) in [6.07, 6.45) is 15.5. The van der Waals surface area contributed by atoms with Gasteiger partial charge in [0.25, 0.3) is 5.65 Å². The Labute approximate surface area is 197 Å². The maximum atomic E-state index is 5.54. The van der Waals surface area contributed by atoms with Gasteiger partial charge in [0.1, 0.15) is 18.8 Å². The third kappa shape index (κ3) is 3.91. The van der Waals surface area contributed by atoms with Gasteiger partial charge in [-0.2, -0.15) is 10.1 Å². The van der Waals surface area contributed by atoms with Gasteiger partial charge in [0.15, 0.2) is 5.82 Å². The van der Waals surface area contributed by atoms with E-state index >= 15 is 0 Å². The van der Waals surface area contributed by atoms with Crippen molar-refractivity contribution in [2.45, 2.75) is 13.3 Å². The zero-order valence-electron chi connectivity index (χ0n) is 19.0. The molecule has 4 aromatic rings. The van der Waals surface area contributed by atoms with Crippen molar-refractivity contribution in [3.8, 4) is 17.1 Å². The molecule has 0 unspecified atom stereocenters. The third-order valence-electron chi connectivity index (χ3n) is 5.99. The number of hydrogen-bond donors (Lipinski definition) is 0. The van der Waals surface area contributed by atoms with Crippen LogP contribution in [0.25, 0.3) is 28.3 Å². The van der Waals surface area contributed by atoms with Crippen LogP contribution in [0.1, 0.15) is 17.7 Å². The Morgan fingerprint density at radius 2 is 2.00 bits per heavy atom. The van der Waals surface area contributed by atoms with Gasteiger partial charge in [-0.05, 0) is 25.5 Å². The second-order valence-corrected chi connectivity index (χ2v) is 8.43. The van der Waals surface area contributed by atoms with Gasteiger partial charge in [0, 0.05) is 23.4 Å². The van der Waals surface area contributed by atoms with E-state index in [9.17, 15) is 0 Å². The van der Waals surface area contributed by atoms with E-state index in [0.717, 1.165) is 52.8 Å². The first kappa shape index (κ1) is 20.5. The van der Waals surface area contributed by atoms with Crippen LogP contribution in [0.3, 0.4) is 0 Å². The summed E-state index contributed by atoms with van der Waals surface area (Å²) >= 11 is 0. The van der Waals surface area contributed by atoms with Crippen LogP contribution < -0.4 is 0 Å². The van der Waals surface area contributed by atoms with Crippen molar-refractivity contribution in [2.24, 2.45) is 0 Å². The molecular formula is C27H25N6O+. The number of allylic oxidation sites excluding steroid dienone is 6. The number of fused-ring (bicyclic) bond motifs is 1. The monoisotopic (exact) mass is 449 g/mol. The topological polar surface area (TPSA) is 60.2 Å². The molecule has 0 N–H and O–H groups in total. The van der Waals surface area contributed by atoms with Gasteiger partial charge in [-0.3, -0.25) is 0 Å². The van der Waals surface area contributed by atoms with Crippen molar-refractivity contribution in [1.82, 2.24) is 24.4 Å². The highest BCUT2D eigenvalue weighted by Crippen LogP contribution is 2.25. The van der Waals surface area contributed by atoms with E-state index in [1.807, 2.05) is 33.6 Å². The minimum Gasteiger partial charge on any atom is -0.370 e. The number of hydrogen-bond acceptors (Lipinski definition) is 4. The lowest BCUT2D eigenvalue weighted by molar-refractivity contribution is -0.455. The molecule has 6 rings (SSSR count). The summed E-state index contributed by atoms with van der Waals surface area (Å²) in [7, 11) is 0. The first-order valence-corrected chi connectivity index (χ1v) is 11.5. The quantitative estimate of drug-likeness (QED) is 0.430. The average Bonchev–Trinajstić information content (AvgIpc) is 3.44. The van der Waals surface area contributed by atoms with Gasteiger partial charge in [-0.15, -0.1) is 0 Å². The fourth-order valence-corrected chi connectivity index (χ4v) is 4.26. The molecule has 7 nitrogen and oxygen atoms in total. The number of aryl methyl sites for hydroxylation is 1.